The second-order valence-corrected chi connectivity index (χ2v) is 6.10. The molecule has 0 radical (unpaired) electrons. The summed E-state index contributed by atoms with van der Waals surface area (Å²) in [5.74, 6) is 2.22. The standard InChI is InChI=1S/C20H31N5O3.HI/c1-5-17-16(18(6-2)28-25-17)14-24-20(21-7-3)23-13-15-9-8-10-22-19(15)27-12-11-26-4;/h8-10H,5-7,11-14H2,1-4H3,(H2,21,23,24);1H. The maximum atomic E-state index is 5.68. The lowest BCUT2D eigenvalue weighted by Gasteiger charge is -2.13. The van der Waals surface area contributed by atoms with E-state index in [0.29, 0.717) is 32.2 Å². The fourth-order valence-electron chi connectivity index (χ4n) is 2.71. The molecule has 162 valence electrons. The molecule has 2 rings (SSSR count). The summed E-state index contributed by atoms with van der Waals surface area (Å²) in [6, 6.07) is 3.85. The number of pyridine rings is 1. The van der Waals surface area contributed by atoms with Crippen LogP contribution in [-0.2, 0) is 30.7 Å². The molecule has 0 unspecified atom stereocenters. The lowest BCUT2D eigenvalue weighted by Crippen LogP contribution is -2.37. The lowest BCUT2D eigenvalue weighted by molar-refractivity contribution is 0.143. The molecule has 0 amide bonds. The molecule has 0 saturated carbocycles. The molecule has 9 heteroatoms. The normalized spacial score (nSPS) is 11.1. The summed E-state index contributed by atoms with van der Waals surface area (Å²) in [7, 11) is 1.64. The van der Waals surface area contributed by atoms with Gasteiger partial charge in [0.2, 0.25) is 5.88 Å². The highest BCUT2D eigenvalue weighted by Gasteiger charge is 2.13. The van der Waals surface area contributed by atoms with Crippen LogP contribution in [0, 0.1) is 0 Å². The molecule has 0 spiro atoms. The van der Waals surface area contributed by atoms with Crippen molar-refractivity contribution in [2.24, 2.45) is 4.99 Å². The van der Waals surface area contributed by atoms with Crippen molar-refractivity contribution in [3.8, 4) is 5.88 Å². The first-order valence-electron chi connectivity index (χ1n) is 9.77. The van der Waals surface area contributed by atoms with Gasteiger partial charge in [-0.2, -0.15) is 0 Å². The van der Waals surface area contributed by atoms with Gasteiger partial charge in [-0.15, -0.1) is 24.0 Å². The summed E-state index contributed by atoms with van der Waals surface area (Å²) < 4.78 is 16.1. The first-order chi connectivity index (χ1) is 13.7. The Balaban J connectivity index is 0.00000420. The smallest absolute Gasteiger partial charge is 0.218 e. The maximum Gasteiger partial charge on any atom is 0.218 e. The summed E-state index contributed by atoms with van der Waals surface area (Å²) >= 11 is 0. The number of hydrogen-bond acceptors (Lipinski definition) is 6. The predicted molar refractivity (Wildman–Crippen MR) is 124 cm³/mol. The Bertz CT molecular complexity index is 730. The number of aromatic nitrogens is 2. The quantitative estimate of drug-likeness (QED) is 0.205. The number of aryl methyl sites for hydroxylation is 2. The van der Waals surface area contributed by atoms with E-state index in [1.165, 1.54) is 0 Å². The number of methoxy groups -OCH3 is 1. The van der Waals surface area contributed by atoms with Gasteiger partial charge in [-0.05, 0) is 19.4 Å². The molecule has 0 fully saturated rings. The molecule has 2 aromatic heterocycles. The van der Waals surface area contributed by atoms with Gasteiger partial charge < -0.3 is 24.6 Å². The van der Waals surface area contributed by atoms with Crippen LogP contribution in [0.5, 0.6) is 5.88 Å². The van der Waals surface area contributed by atoms with Crippen molar-refractivity contribution in [2.45, 2.75) is 46.7 Å². The summed E-state index contributed by atoms with van der Waals surface area (Å²) in [4.78, 5) is 8.97. The van der Waals surface area contributed by atoms with Crippen molar-refractivity contribution in [3.63, 3.8) is 0 Å². The fourth-order valence-corrected chi connectivity index (χ4v) is 2.71. The average Bonchev–Trinajstić information content (AvgIpc) is 3.13. The Morgan fingerprint density at radius 3 is 2.69 bits per heavy atom. The van der Waals surface area contributed by atoms with E-state index in [2.05, 4.69) is 39.6 Å². The fraction of sp³-hybridized carbons (Fsp3) is 0.550. The van der Waals surface area contributed by atoms with Crippen LogP contribution in [-0.4, -0.2) is 43.0 Å². The number of aliphatic imine (C=N–C) groups is 1. The summed E-state index contributed by atoms with van der Waals surface area (Å²) in [6.45, 7) is 8.99. The largest absolute Gasteiger partial charge is 0.475 e. The number of rotatable bonds is 11. The number of guanidine groups is 1. The van der Waals surface area contributed by atoms with E-state index >= 15 is 0 Å². The first-order valence-corrected chi connectivity index (χ1v) is 9.77. The van der Waals surface area contributed by atoms with E-state index in [4.69, 9.17) is 14.0 Å². The molecule has 2 N–H and O–H groups in total. The Morgan fingerprint density at radius 1 is 1.17 bits per heavy atom. The second-order valence-electron chi connectivity index (χ2n) is 6.10. The molecule has 0 bridgehead atoms. The molecule has 0 atom stereocenters. The SMILES string of the molecule is CCNC(=NCc1cccnc1OCCOC)NCc1c(CC)noc1CC.I. The van der Waals surface area contributed by atoms with Crippen LogP contribution in [0.4, 0.5) is 0 Å². The van der Waals surface area contributed by atoms with Crippen LogP contribution in [0.15, 0.2) is 27.8 Å². The van der Waals surface area contributed by atoms with Gasteiger partial charge in [0.05, 0.1) is 18.8 Å². The van der Waals surface area contributed by atoms with E-state index in [1.54, 1.807) is 13.3 Å². The monoisotopic (exact) mass is 517 g/mol. The van der Waals surface area contributed by atoms with Gasteiger partial charge >= 0.3 is 0 Å². The topological polar surface area (TPSA) is 93.8 Å². The Kier molecular flexibility index (Phi) is 12.3. The summed E-state index contributed by atoms with van der Waals surface area (Å²) in [5.41, 5.74) is 3.02. The van der Waals surface area contributed by atoms with Crippen LogP contribution in [0.25, 0.3) is 0 Å². The minimum atomic E-state index is 0. The zero-order valence-electron chi connectivity index (χ0n) is 17.7. The molecular weight excluding hydrogens is 485 g/mol. The predicted octanol–water partition coefficient (Wildman–Crippen LogP) is 3.09. The zero-order chi connectivity index (χ0) is 20.2. The Hall–Kier alpha value is -1.88. The van der Waals surface area contributed by atoms with Crippen LogP contribution < -0.4 is 15.4 Å². The molecule has 2 heterocycles. The van der Waals surface area contributed by atoms with Gasteiger partial charge in [0.25, 0.3) is 0 Å². The molecule has 0 aliphatic rings. The molecule has 2 aromatic rings. The highest BCUT2D eigenvalue weighted by Crippen LogP contribution is 2.16. The zero-order valence-corrected chi connectivity index (χ0v) is 20.0. The van der Waals surface area contributed by atoms with Crippen LogP contribution in [0.1, 0.15) is 43.4 Å². The molecule has 0 aliphatic heterocycles. The number of halogens is 1. The van der Waals surface area contributed by atoms with E-state index in [9.17, 15) is 0 Å². The highest BCUT2D eigenvalue weighted by atomic mass is 127. The minimum absolute atomic E-state index is 0. The third kappa shape index (κ3) is 7.81. The maximum absolute atomic E-state index is 5.68. The van der Waals surface area contributed by atoms with E-state index in [1.807, 2.05) is 19.1 Å². The van der Waals surface area contributed by atoms with E-state index in [0.717, 1.165) is 47.9 Å². The number of nitrogens with one attached hydrogen (secondary N) is 2. The van der Waals surface area contributed by atoms with Gasteiger partial charge in [-0.25, -0.2) is 9.98 Å². The second kappa shape index (κ2) is 14.2. The summed E-state index contributed by atoms with van der Waals surface area (Å²) in [5, 5.41) is 10.8. The van der Waals surface area contributed by atoms with Crippen LogP contribution in [0.2, 0.25) is 0 Å². The number of ether oxygens (including phenoxy) is 2. The van der Waals surface area contributed by atoms with Crippen molar-refractivity contribution in [2.75, 3.05) is 26.9 Å². The van der Waals surface area contributed by atoms with Gasteiger partial charge in [-0.3, -0.25) is 0 Å². The van der Waals surface area contributed by atoms with Gasteiger partial charge in [0.15, 0.2) is 5.96 Å². The number of nitrogens with zero attached hydrogens (tertiary/aromatic N) is 3. The lowest BCUT2D eigenvalue weighted by atomic mass is 10.1. The van der Waals surface area contributed by atoms with Gasteiger partial charge in [-0.1, -0.05) is 25.1 Å². The molecule has 0 saturated heterocycles. The number of hydrogen-bond donors (Lipinski definition) is 2. The van der Waals surface area contributed by atoms with Crippen molar-refractivity contribution < 1.29 is 14.0 Å². The Morgan fingerprint density at radius 2 is 2.00 bits per heavy atom. The van der Waals surface area contributed by atoms with E-state index in [-0.39, 0.29) is 24.0 Å². The van der Waals surface area contributed by atoms with Crippen molar-refractivity contribution >= 4 is 29.9 Å². The first kappa shape index (κ1) is 25.2. The van der Waals surface area contributed by atoms with Gasteiger partial charge in [0, 0.05) is 43.9 Å². The molecular formula is C20H32IN5O3. The Labute approximate surface area is 189 Å². The molecule has 0 aromatic carbocycles. The molecule has 8 nitrogen and oxygen atoms in total. The van der Waals surface area contributed by atoms with Crippen molar-refractivity contribution in [1.29, 1.82) is 0 Å². The van der Waals surface area contributed by atoms with Crippen molar-refractivity contribution in [1.82, 2.24) is 20.8 Å². The van der Waals surface area contributed by atoms with Gasteiger partial charge in [0.1, 0.15) is 12.4 Å². The third-order valence-corrected chi connectivity index (χ3v) is 4.17. The molecule has 0 aliphatic carbocycles. The summed E-state index contributed by atoms with van der Waals surface area (Å²) in [6.07, 6.45) is 3.37. The third-order valence-electron chi connectivity index (χ3n) is 4.17. The average molecular weight is 517 g/mol. The van der Waals surface area contributed by atoms with Crippen LogP contribution >= 0.6 is 24.0 Å². The molecule has 29 heavy (non-hydrogen) atoms. The highest BCUT2D eigenvalue weighted by molar-refractivity contribution is 14.0. The van der Waals surface area contributed by atoms with Crippen molar-refractivity contribution in [3.05, 3.63) is 40.9 Å². The van der Waals surface area contributed by atoms with E-state index < -0.39 is 0 Å². The van der Waals surface area contributed by atoms with Crippen LogP contribution in [0.3, 0.4) is 0 Å². The minimum Gasteiger partial charge on any atom is -0.475 e.